The predicted octanol–water partition coefficient (Wildman–Crippen LogP) is 5.34. The third-order valence-electron chi connectivity index (χ3n) is 5.97. The van der Waals surface area contributed by atoms with Crippen LogP contribution in [0.25, 0.3) is 0 Å². The molecule has 0 bridgehead atoms. The van der Waals surface area contributed by atoms with Gasteiger partial charge in [0.15, 0.2) is 5.69 Å². The molecule has 7 heteroatoms. The first-order chi connectivity index (χ1) is 15.5. The zero-order chi connectivity index (χ0) is 22.5. The van der Waals surface area contributed by atoms with E-state index in [1.807, 2.05) is 47.1 Å². The largest absolute Gasteiger partial charge is 0.447 e. The van der Waals surface area contributed by atoms with Crippen LogP contribution in [0.15, 0.2) is 59.2 Å². The molecule has 1 aliphatic heterocycles. The van der Waals surface area contributed by atoms with Gasteiger partial charge in [0, 0.05) is 37.3 Å². The lowest BCUT2D eigenvalue weighted by atomic mass is 10.1. The number of piperidine rings is 1. The molecule has 1 aliphatic rings. The molecule has 4 rings (SSSR count). The topological polar surface area (TPSA) is 49.6 Å². The van der Waals surface area contributed by atoms with E-state index in [2.05, 4.69) is 4.98 Å². The maximum absolute atomic E-state index is 14.4. The van der Waals surface area contributed by atoms with Crippen LogP contribution in [0.4, 0.5) is 8.78 Å². The highest BCUT2D eigenvalue weighted by atomic mass is 19.1. The van der Waals surface area contributed by atoms with Crippen LogP contribution in [-0.2, 0) is 13.1 Å². The van der Waals surface area contributed by atoms with Crippen LogP contribution < -0.4 is 0 Å². The van der Waals surface area contributed by atoms with Gasteiger partial charge in [-0.1, -0.05) is 36.4 Å². The number of hydrogen-bond acceptors (Lipinski definition) is 4. The molecule has 1 aromatic heterocycles. The van der Waals surface area contributed by atoms with Crippen LogP contribution in [0.2, 0.25) is 0 Å². The number of oxazole rings is 1. The van der Waals surface area contributed by atoms with Crippen LogP contribution in [-0.4, -0.2) is 33.8 Å². The highest BCUT2D eigenvalue weighted by Gasteiger charge is 2.24. The van der Waals surface area contributed by atoms with Gasteiger partial charge >= 0.3 is 0 Å². The summed E-state index contributed by atoms with van der Waals surface area (Å²) in [6, 6.07) is 13.3. The van der Waals surface area contributed by atoms with Crippen LogP contribution in [0.3, 0.4) is 0 Å². The summed E-state index contributed by atoms with van der Waals surface area (Å²) < 4.78 is 33.4. The SMILES string of the molecule is C[C@H](c1ccccc1)N(Cc1nc(C(=O)N2CCCCC2)co1)Cc1ccc(F)cc1F. The molecule has 0 spiro atoms. The molecule has 2 heterocycles. The van der Waals surface area contributed by atoms with Gasteiger partial charge < -0.3 is 9.32 Å². The van der Waals surface area contributed by atoms with Crippen molar-refractivity contribution in [2.75, 3.05) is 13.1 Å². The van der Waals surface area contributed by atoms with E-state index < -0.39 is 11.6 Å². The Morgan fingerprint density at radius 1 is 1.09 bits per heavy atom. The average molecular weight is 440 g/mol. The third kappa shape index (κ3) is 5.22. The fourth-order valence-electron chi connectivity index (χ4n) is 4.06. The summed E-state index contributed by atoms with van der Waals surface area (Å²) in [6.07, 6.45) is 4.54. The molecule has 0 radical (unpaired) electrons. The van der Waals surface area contributed by atoms with Gasteiger partial charge in [-0.05, 0) is 37.8 Å². The number of carbonyl (C=O) groups is 1. The number of likely N-dealkylation sites (tertiary alicyclic amines) is 1. The summed E-state index contributed by atoms with van der Waals surface area (Å²) in [5.41, 5.74) is 1.72. The van der Waals surface area contributed by atoms with Gasteiger partial charge in [0.2, 0.25) is 5.89 Å². The highest BCUT2D eigenvalue weighted by molar-refractivity contribution is 5.92. The summed E-state index contributed by atoms with van der Waals surface area (Å²) >= 11 is 0. The molecule has 1 atom stereocenters. The van der Waals surface area contributed by atoms with Crippen LogP contribution in [0.1, 0.15) is 59.7 Å². The minimum atomic E-state index is -0.609. The van der Waals surface area contributed by atoms with Gasteiger partial charge in [-0.2, -0.15) is 0 Å². The molecule has 0 N–H and O–H groups in total. The second-order valence-corrected chi connectivity index (χ2v) is 8.21. The number of rotatable bonds is 7. The van der Waals surface area contributed by atoms with Crippen molar-refractivity contribution in [1.29, 1.82) is 0 Å². The zero-order valence-electron chi connectivity index (χ0n) is 18.1. The number of aromatic nitrogens is 1. The highest BCUT2D eigenvalue weighted by Crippen LogP contribution is 2.26. The first-order valence-corrected chi connectivity index (χ1v) is 11.0. The Morgan fingerprint density at radius 2 is 1.84 bits per heavy atom. The Morgan fingerprint density at radius 3 is 2.56 bits per heavy atom. The minimum absolute atomic E-state index is 0.0891. The Kier molecular flexibility index (Phi) is 6.95. The smallest absolute Gasteiger partial charge is 0.275 e. The van der Waals surface area contributed by atoms with Gasteiger partial charge in [-0.3, -0.25) is 9.69 Å². The Labute approximate surface area is 186 Å². The fraction of sp³-hybridized carbons (Fsp3) is 0.360. The van der Waals surface area contributed by atoms with Crippen molar-refractivity contribution >= 4 is 5.91 Å². The van der Waals surface area contributed by atoms with Gasteiger partial charge in [-0.15, -0.1) is 0 Å². The average Bonchev–Trinajstić information content (AvgIpc) is 3.29. The molecule has 0 unspecified atom stereocenters. The van der Waals surface area contributed by atoms with Gasteiger partial charge in [0.1, 0.15) is 17.9 Å². The van der Waals surface area contributed by atoms with E-state index in [0.29, 0.717) is 17.1 Å². The Hall–Kier alpha value is -3.06. The standard InChI is InChI=1S/C25H27F2N3O2/c1-18(19-8-4-2-5-9-19)30(15-20-10-11-21(26)14-22(20)27)16-24-28-23(17-32-24)25(31)29-12-6-3-7-13-29/h2,4-5,8-11,14,17-18H,3,6-7,12-13,15-16H2,1H3/t18-/m1/s1. The molecule has 5 nitrogen and oxygen atoms in total. The van der Waals surface area contributed by atoms with E-state index in [-0.39, 0.29) is 25.0 Å². The number of benzene rings is 2. The number of halogens is 2. The van der Waals surface area contributed by atoms with Crippen molar-refractivity contribution in [1.82, 2.24) is 14.8 Å². The summed E-state index contributed by atoms with van der Waals surface area (Å²) in [6.45, 7) is 4.00. The Bertz CT molecular complexity index is 1050. The molecular weight excluding hydrogens is 412 g/mol. The van der Waals surface area contributed by atoms with Crippen molar-refractivity contribution in [2.24, 2.45) is 0 Å². The molecule has 3 aromatic rings. The summed E-state index contributed by atoms with van der Waals surface area (Å²) in [4.78, 5) is 21.0. The molecule has 1 saturated heterocycles. The molecule has 168 valence electrons. The second-order valence-electron chi connectivity index (χ2n) is 8.21. The quantitative estimate of drug-likeness (QED) is 0.499. The van der Waals surface area contributed by atoms with Gasteiger partial charge in [-0.25, -0.2) is 13.8 Å². The number of carbonyl (C=O) groups excluding carboxylic acids is 1. The van der Waals surface area contributed by atoms with E-state index in [1.165, 1.54) is 18.4 Å². The first kappa shape index (κ1) is 22.1. The predicted molar refractivity (Wildman–Crippen MR) is 117 cm³/mol. The Balaban J connectivity index is 1.55. The number of amides is 1. The van der Waals surface area contributed by atoms with E-state index in [4.69, 9.17) is 4.42 Å². The van der Waals surface area contributed by atoms with Crippen molar-refractivity contribution in [3.05, 3.63) is 89.1 Å². The molecule has 0 aliphatic carbocycles. The van der Waals surface area contributed by atoms with Crippen molar-refractivity contribution in [2.45, 2.75) is 45.3 Å². The van der Waals surface area contributed by atoms with Gasteiger partial charge in [0.05, 0.1) is 6.54 Å². The molecule has 32 heavy (non-hydrogen) atoms. The fourth-order valence-corrected chi connectivity index (χ4v) is 4.06. The molecule has 1 fully saturated rings. The number of nitrogens with zero attached hydrogens (tertiary/aromatic N) is 3. The molecule has 2 aromatic carbocycles. The van der Waals surface area contributed by atoms with Crippen LogP contribution in [0.5, 0.6) is 0 Å². The number of hydrogen-bond donors (Lipinski definition) is 0. The lowest BCUT2D eigenvalue weighted by Gasteiger charge is -2.28. The third-order valence-corrected chi connectivity index (χ3v) is 5.97. The summed E-state index contributed by atoms with van der Waals surface area (Å²) in [7, 11) is 0. The van der Waals surface area contributed by atoms with Crippen LogP contribution >= 0.6 is 0 Å². The molecule has 1 amide bonds. The zero-order valence-corrected chi connectivity index (χ0v) is 18.1. The second kappa shape index (κ2) is 10.0. The first-order valence-electron chi connectivity index (χ1n) is 11.0. The van der Waals surface area contributed by atoms with Crippen molar-refractivity contribution in [3.63, 3.8) is 0 Å². The van der Waals surface area contributed by atoms with E-state index in [1.54, 1.807) is 0 Å². The minimum Gasteiger partial charge on any atom is -0.447 e. The molecular formula is C25H27F2N3O2. The van der Waals surface area contributed by atoms with E-state index in [9.17, 15) is 13.6 Å². The van der Waals surface area contributed by atoms with E-state index >= 15 is 0 Å². The lowest BCUT2D eigenvalue weighted by molar-refractivity contribution is 0.0718. The maximum Gasteiger partial charge on any atom is 0.275 e. The van der Waals surface area contributed by atoms with Gasteiger partial charge in [0.25, 0.3) is 5.91 Å². The van der Waals surface area contributed by atoms with E-state index in [0.717, 1.165) is 44.0 Å². The van der Waals surface area contributed by atoms with Crippen molar-refractivity contribution in [3.8, 4) is 0 Å². The van der Waals surface area contributed by atoms with Crippen molar-refractivity contribution < 1.29 is 18.0 Å². The monoisotopic (exact) mass is 439 g/mol. The summed E-state index contributed by atoms with van der Waals surface area (Å²) in [5, 5.41) is 0. The maximum atomic E-state index is 14.4. The molecule has 0 saturated carbocycles. The van der Waals surface area contributed by atoms with Crippen LogP contribution in [0, 0.1) is 11.6 Å². The lowest BCUT2D eigenvalue weighted by Crippen LogP contribution is -2.35. The summed E-state index contributed by atoms with van der Waals surface area (Å²) in [5.74, 6) is -0.936. The normalized spacial score (nSPS) is 15.2.